The molecule has 0 aliphatic carbocycles. The number of nitrogens with one attached hydrogen (secondary N) is 3. The van der Waals surface area contributed by atoms with E-state index in [2.05, 4.69) is 24.9 Å². The van der Waals surface area contributed by atoms with Crippen molar-refractivity contribution in [1.82, 2.24) is 14.2 Å². The van der Waals surface area contributed by atoms with Gasteiger partial charge in [0.05, 0.1) is 17.4 Å². The predicted molar refractivity (Wildman–Crippen MR) is 86.8 cm³/mol. The molecule has 0 amide bonds. The van der Waals surface area contributed by atoms with Crippen LogP contribution in [0.2, 0.25) is 0 Å². The molecular formula is C13H11N5S2. The van der Waals surface area contributed by atoms with Gasteiger partial charge in [0, 0.05) is 5.69 Å². The fourth-order valence-electron chi connectivity index (χ4n) is 1.67. The second-order valence-corrected chi connectivity index (χ2v) is 4.97. The van der Waals surface area contributed by atoms with Crippen LogP contribution in [-0.2, 0) is 0 Å². The number of para-hydroxylation sites is 1. The van der Waals surface area contributed by atoms with Crippen molar-refractivity contribution in [3.05, 3.63) is 48.5 Å². The van der Waals surface area contributed by atoms with Crippen LogP contribution in [-0.4, -0.2) is 13.9 Å². The van der Waals surface area contributed by atoms with E-state index < -0.39 is 0 Å². The van der Waals surface area contributed by atoms with Crippen LogP contribution >= 0.6 is 23.9 Å². The Labute approximate surface area is 125 Å². The van der Waals surface area contributed by atoms with Gasteiger partial charge in [-0.3, -0.25) is 10.9 Å². The van der Waals surface area contributed by atoms with Crippen molar-refractivity contribution in [2.75, 3.05) is 10.7 Å². The zero-order valence-electron chi connectivity index (χ0n) is 10.3. The van der Waals surface area contributed by atoms with Crippen LogP contribution in [0.25, 0.3) is 11.0 Å². The van der Waals surface area contributed by atoms with Gasteiger partial charge in [0.15, 0.2) is 5.11 Å². The molecule has 3 rings (SSSR count). The first-order valence-corrected chi connectivity index (χ1v) is 7.05. The number of nitrogens with zero attached hydrogens (tertiary/aromatic N) is 2. The van der Waals surface area contributed by atoms with Gasteiger partial charge in [0.25, 0.3) is 0 Å². The lowest BCUT2D eigenvalue weighted by molar-refractivity contribution is 1.14. The van der Waals surface area contributed by atoms with Crippen LogP contribution in [0.5, 0.6) is 0 Å². The van der Waals surface area contributed by atoms with Crippen LogP contribution in [0.15, 0.2) is 48.5 Å². The molecule has 5 nitrogen and oxygen atoms in total. The highest BCUT2D eigenvalue weighted by molar-refractivity contribution is 7.80. The number of aromatic nitrogens is 2. The molecule has 0 saturated heterocycles. The second kappa shape index (κ2) is 5.81. The van der Waals surface area contributed by atoms with E-state index in [4.69, 9.17) is 12.2 Å². The van der Waals surface area contributed by atoms with Gasteiger partial charge >= 0.3 is 0 Å². The molecule has 100 valence electrons. The molecule has 0 aliphatic rings. The monoisotopic (exact) mass is 301 g/mol. The van der Waals surface area contributed by atoms with Crippen molar-refractivity contribution in [3.8, 4) is 0 Å². The summed E-state index contributed by atoms with van der Waals surface area (Å²) in [5.74, 6) is 0. The van der Waals surface area contributed by atoms with Crippen LogP contribution in [0.1, 0.15) is 0 Å². The first-order chi connectivity index (χ1) is 9.81. The Bertz CT molecular complexity index is 726. The summed E-state index contributed by atoms with van der Waals surface area (Å²) < 4.78 is 8.35. The average molecular weight is 301 g/mol. The molecule has 0 saturated carbocycles. The highest BCUT2D eigenvalue weighted by Gasteiger charge is 2.01. The number of hydrogen-bond acceptors (Lipinski definition) is 5. The van der Waals surface area contributed by atoms with Gasteiger partial charge in [0.1, 0.15) is 11.0 Å². The minimum absolute atomic E-state index is 0.483. The van der Waals surface area contributed by atoms with Crippen LogP contribution in [0.4, 0.5) is 11.4 Å². The Morgan fingerprint density at radius 1 is 0.950 bits per heavy atom. The summed E-state index contributed by atoms with van der Waals surface area (Å²) in [5.41, 5.74) is 9.51. The molecule has 0 bridgehead atoms. The molecule has 7 heteroatoms. The zero-order chi connectivity index (χ0) is 13.8. The van der Waals surface area contributed by atoms with E-state index in [0.717, 1.165) is 22.4 Å². The van der Waals surface area contributed by atoms with Gasteiger partial charge in [-0.2, -0.15) is 8.75 Å². The lowest BCUT2D eigenvalue weighted by atomic mass is 10.3. The minimum atomic E-state index is 0.483. The Morgan fingerprint density at radius 2 is 1.75 bits per heavy atom. The van der Waals surface area contributed by atoms with Gasteiger partial charge in [-0.25, -0.2) is 0 Å². The minimum Gasteiger partial charge on any atom is -0.331 e. The third-order valence-electron chi connectivity index (χ3n) is 2.61. The van der Waals surface area contributed by atoms with E-state index in [0.29, 0.717) is 5.11 Å². The zero-order valence-corrected chi connectivity index (χ0v) is 12.0. The molecular weight excluding hydrogens is 290 g/mol. The molecule has 1 aromatic heterocycles. The summed E-state index contributed by atoms with van der Waals surface area (Å²) in [6, 6.07) is 15.5. The predicted octanol–water partition coefficient (Wildman–Crippen LogP) is 3.00. The Kier molecular flexibility index (Phi) is 3.71. The smallest absolute Gasteiger partial charge is 0.189 e. The molecule has 0 fully saturated rings. The summed E-state index contributed by atoms with van der Waals surface area (Å²) in [5, 5.41) is 3.57. The lowest BCUT2D eigenvalue weighted by Gasteiger charge is -2.12. The quantitative estimate of drug-likeness (QED) is 0.510. The molecule has 1 heterocycles. The van der Waals surface area contributed by atoms with E-state index >= 15 is 0 Å². The van der Waals surface area contributed by atoms with Gasteiger partial charge < -0.3 is 5.32 Å². The molecule has 3 aromatic rings. The van der Waals surface area contributed by atoms with Gasteiger partial charge in [-0.15, -0.1) is 0 Å². The van der Waals surface area contributed by atoms with Crippen molar-refractivity contribution < 1.29 is 0 Å². The molecule has 0 aliphatic heterocycles. The maximum Gasteiger partial charge on any atom is 0.189 e. The maximum absolute atomic E-state index is 5.22. The third-order valence-corrected chi connectivity index (χ3v) is 3.37. The van der Waals surface area contributed by atoms with Gasteiger partial charge in [-0.05, 0) is 42.5 Å². The topological polar surface area (TPSA) is 61.9 Å². The Hall–Kier alpha value is -2.25. The lowest BCUT2D eigenvalue weighted by Crippen LogP contribution is -2.33. The Balaban J connectivity index is 1.61. The van der Waals surface area contributed by atoms with Crippen molar-refractivity contribution in [2.45, 2.75) is 0 Å². The van der Waals surface area contributed by atoms with Crippen LogP contribution in [0.3, 0.4) is 0 Å². The van der Waals surface area contributed by atoms with E-state index in [1.165, 1.54) is 11.7 Å². The second-order valence-electron chi connectivity index (χ2n) is 4.04. The molecule has 3 N–H and O–H groups in total. The summed E-state index contributed by atoms with van der Waals surface area (Å²) >= 11 is 6.42. The molecule has 20 heavy (non-hydrogen) atoms. The van der Waals surface area contributed by atoms with E-state index in [9.17, 15) is 0 Å². The average Bonchev–Trinajstić information content (AvgIpc) is 2.94. The first-order valence-electron chi connectivity index (χ1n) is 5.92. The molecule has 2 aromatic carbocycles. The van der Waals surface area contributed by atoms with Crippen molar-refractivity contribution in [1.29, 1.82) is 0 Å². The summed E-state index contributed by atoms with van der Waals surface area (Å²) in [6.45, 7) is 0. The number of hydrazine groups is 1. The molecule has 0 spiro atoms. The van der Waals surface area contributed by atoms with Crippen LogP contribution < -0.4 is 16.2 Å². The number of hydrogen-bond donors (Lipinski definition) is 3. The number of benzene rings is 2. The van der Waals surface area contributed by atoms with E-state index in [-0.39, 0.29) is 0 Å². The van der Waals surface area contributed by atoms with E-state index in [1.54, 1.807) is 0 Å². The molecule has 0 atom stereocenters. The van der Waals surface area contributed by atoms with E-state index in [1.807, 2.05) is 48.5 Å². The molecule has 0 radical (unpaired) electrons. The SMILES string of the molecule is S=C(NNc1ccccc1)Nc1ccc2nsnc2c1. The van der Waals surface area contributed by atoms with Gasteiger partial charge in [-0.1, -0.05) is 18.2 Å². The van der Waals surface area contributed by atoms with Crippen LogP contribution in [0, 0.1) is 0 Å². The standard InChI is InChI=1S/C13H11N5S2/c19-13(16-15-9-4-2-1-3-5-9)14-10-6-7-11-12(8-10)18-20-17-11/h1-8,15H,(H2,14,16,19). The Morgan fingerprint density at radius 3 is 2.60 bits per heavy atom. The number of thiocarbonyl (C=S) groups is 1. The number of rotatable bonds is 3. The third kappa shape index (κ3) is 3.01. The molecule has 0 unspecified atom stereocenters. The highest BCUT2D eigenvalue weighted by atomic mass is 32.1. The van der Waals surface area contributed by atoms with Crippen molar-refractivity contribution >= 4 is 51.5 Å². The summed E-state index contributed by atoms with van der Waals surface area (Å²) in [4.78, 5) is 0. The first kappa shape index (κ1) is 12.8. The van der Waals surface area contributed by atoms with Crippen molar-refractivity contribution in [2.24, 2.45) is 0 Å². The normalized spacial score (nSPS) is 10.2. The highest BCUT2D eigenvalue weighted by Crippen LogP contribution is 2.16. The number of fused-ring (bicyclic) bond motifs is 1. The van der Waals surface area contributed by atoms with Gasteiger partial charge in [0.2, 0.25) is 0 Å². The number of anilines is 2. The van der Waals surface area contributed by atoms with Crippen molar-refractivity contribution in [3.63, 3.8) is 0 Å². The maximum atomic E-state index is 5.22. The fraction of sp³-hybridized carbons (Fsp3) is 0. The summed E-state index contributed by atoms with van der Waals surface area (Å²) in [6.07, 6.45) is 0. The largest absolute Gasteiger partial charge is 0.331 e. The summed E-state index contributed by atoms with van der Waals surface area (Å²) in [7, 11) is 0. The fourth-order valence-corrected chi connectivity index (χ4v) is 2.36.